The largest absolute Gasteiger partial charge is 0.387 e. The van der Waals surface area contributed by atoms with Gasteiger partial charge < -0.3 is 5.11 Å². The fourth-order valence-electron chi connectivity index (χ4n) is 1.68. The van der Waals surface area contributed by atoms with Crippen molar-refractivity contribution in [2.75, 3.05) is 0 Å². The van der Waals surface area contributed by atoms with Gasteiger partial charge in [0.25, 0.3) is 0 Å². The number of hydrogen-bond donors (Lipinski definition) is 1. The first-order valence-electron chi connectivity index (χ1n) is 5.34. The first-order chi connectivity index (χ1) is 8.49. The van der Waals surface area contributed by atoms with Crippen molar-refractivity contribution in [3.8, 4) is 0 Å². The van der Waals surface area contributed by atoms with Gasteiger partial charge in [-0.15, -0.1) is 11.3 Å². The summed E-state index contributed by atoms with van der Waals surface area (Å²) in [7, 11) is 0. The third kappa shape index (κ3) is 2.86. The number of hydrogen-bond acceptors (Lipinski definition) is 2. The number of aliphatic hydroxyl groups is 1. The highest BCUT2D eigenvalue weighted by molar-refractivity contribution is 7.10. The van der Waals surface area contributed by atoms with Crippen molar-refractivity contribution in [2.45, 2.75) is 19.4 Å². The predicted octanol–water partition coefficient (Wildman–Crippen LogP) is 4.78. The summed E-state index contributed by atoms with van der Waals surface area (Å²) in [5.74, 6) is -0.372. The lowest BCUT2D eigenvalue weighted by atomic mass is 10.1. The molecule has 96 valence electrons. The molecular formula is C13H11Cl2FOS. The molecule has 0 amide bonds. The van der Waals surface area contributed by atoms with Crippen LogP contribution in [0.2, 0.25) is 10.0 Å². The average Bonchev–Trinajstić information content (AvgIpc) is 2.65. The Morgan fingerprint density at radius 3 is 2.72 bits per heavy atom. The van der Waals surface area contributed by atoms with E-state index < -0.39 is 6.10 Å². The second kappa shape index (κ2) is 5.57. The van der Waals surface area contributed by atoms with Gasteiger partial charge in [0, 0.05) is 11.4 Å². The summed E-state index contributed by atoms with van der Waals surface area (Å²) in [5, 5.41) is 13.0. The van der Waals surface area contributed by atoms with Gasteiger partial charge in [-0.2, -0.15) is 0 Å². The summed E-state index contributed by atoms with van der Waals surface area (Å²) in [6, 6.07) is 4.30. The smallest absolute Gasteiger partial charge is 0.126 e. The zero-order valence-electron chi connectivity index (χ0n) is 9.58. The molecule has 1 heterocycles. The molecular weight excluding hydrogens is 294 g/mol. The minimum Gasteiger partial charge on any atom is -0.387 e. The Labute approximate surface area is 119 Å². The summed E-state index contributed by atoms with van der Waals surface area (Å²) >= 11 is 13.3. The van der Waals surface area contributed by atoms with E-state index in [-0.39, 0.29) is 12.2 Å². The van der Waals surface area contributed by atoms with Crippen molar-refractivity contribution >= 4 is 34.5 Å². The molecule has 2 rings (SSSR count). The fraction of sp³-hybridized carbons (Fsp3) is 0.231. The van der Waals surface area contributed by atoms with Gasteiger partial charge >= 0.3 is 0 Å². The summed E-state index contributed by atoms with van der Waals surface area (Å²) in [6.07, 6.45) is -0.657. The summed E-state index contributed by atoms with van der Waals surface area (Å²) in [5.41, 5.74) is 1.31. The summed E-state index contributed by atoms with van der Waals surface area (Å²) in [6.45, 7) is 1.87. The molecule has 0 radical (unpaired) electrons. The van der Waals surface area contributed by atoms with E-state index in [1.807, 2.05) is 12.3 Å². The number of rotatable bonds is 3. The van der Waals surface area contributed by atoms with E-state index >= 15 is 0 Å². The number of aryl methyl sites for hydroxylation is 1. The van der Waals surface area contributed by atoms with Crippen molar-refractivity contribution in [3.05, 3.63) is 55.4 Å². The number of halogens is 3. The van der Waals surface area contributed by atoms with E-state index in [0.29, 0.717) is 20.5 Å². The molecule has 0 bridgehead atoms. The molecule has 1 nitrogen and oxygen atoms in total. The van der Waals surface area contributed by atoms with Gasteiger partial charge in [0.1, 0.15) is 5.82 Å². The lowest BCUT2D eigenvalue weighted by molar-refractivity contribution is 0.181. The summed E-state index contributed by atoms with van der Waals surface area (Å²) in [4.78, 5) is 0.661. The molecule has 1 atom stereocenters. The Morgan fingerprint density at radius 2 is 2.11 bits per heavy atom. The molecule has 0 spiro atoms. The Balaban J connectivity index is 2.23. The topological polar surface area (TPSA) is 20.2 Å². The molecule has 1 N–H and O–H groups in total. The molecule has 1 unspecified atom stereocenters. The maximum Gasteiger partial charge on any atom is 0.126 e. The summed E-state index contributed by atoms with van der Waals surface area (Å²) < 4.78 is 13.6. The van der Waals surface area contributed by atoms with Gasteiger partial charge in [-0.25, -0.2) is 4.39 Å². The van der Waals surface area contributed by atoms with Crippen LogP contribution in [0.5, 0.6) is 0 Å². The van der Waals surface area contributed by atoms with Gasteiger partial charge in [-0.1, -0.05) is 23.2 Å². The third-order valence-corrected chi connectivity index (χ3v) is 4.70. The number of aliphatic hydroxyl groups excluding tert-OH is 1. The van der Waals surface area contributed by atoms with Crippen LogP contribution in [0.4, 0.5) is 4.39 Å². The van der Waals surface area contributed by atoms with E-state index in [1.54, 1.807) is 0 Å². The normalized spacial score (nSPS) is 12.7. The minimum atomic E-state index is -0.816. The van der Waals surface area contributed by atoms with Crippen molar-refractivity contribution in [1.82, 2.24) is 0 Å². The van der Waals surface area contributed by atoms with E-state index in [0.717, 1.165) is 5.56 Å². The minimum absolute atomic E-state index is 0.159. The van der Waals surface area contributed by atoms with Crippen LogP contribution in [0.3, 0.4) is 0 Å². The fourth-order valence-corrected chi connectivity index (χ4v) is 3.18. The van der Waals surface area contributed by atoms with Crippen LogP contribution in [0.25, 0.3) is 0 Å². The molecule has 1 aromatic heterocycles. The van der Waals surface area contributed by atoms with Crippen LogP contribution in [0.15, 0.2) is 23.6 Å². The maximum atomic E-state index is 13.6. The second-order valence-corrected chi connectivity index (χ2v) is 5.78. The molecule has 0 aliphatic heterocycles. The van der Waals surface area contributed by atoms with Crippen LogP contribution in [-0.2, 0) is 6.42 Å². The van der Waals surface area contributed by atoms with Crippen LogP contribution in [0.1, 0.15) is 22.1 Å². The van der Waals surface area contributed by atoms with Gasteiger partial charge in [0.15, 0.2) is 0 Å². The zero-order valence-corrected chi connectivity index (χ0v) is 11.9. The van der Waals surface area contributed by atoms with E-state index in [2.05, 4.69) is 0 Å². The number of thiophene rings is 1. The molecule has 1 aromatic carbocycles. The molecule has 0 aliphatic rings. The first kappa shape index (κ1) is 13.8. The Kier molecular flexibility index (Phi) is 4.28. The standard InChI is InChI=1S/C13H11Cl2FOS/c1-7-6-18-13(12(7)15)11(17)5-8-4-9(14)2-3-10(8)16/h2-4,6,11,17H,5H2,1H3. The van der Waals surface area contributed by atoms with Crippen LogP contribution < -0.4 is 0 Å². The van der Waals surface area contributed by atoms with Crippen molar-refractivity contribution in [2.24, 2.45) is 0 Å². The Bertz CT molecular complexity index is 568. The quantitative estimate of drug-likeness (QED) is 0.865. The van der Waals surface area contributed by atoms with E-state index in [9.17, 15) is 9.50 Å². The molecule has 0 fully saturated rings. The predicted molar refractivity (Wildman–Crippen MR) is 74.1 cm³/mol. The van der Waals surface area contributed by atoms with Crippen molar-refractivity contribution in [1.29, 1.82) is 0 Å². The Morgan fingerprint density at radius 1 is 1.39 bits per heavy atom. The van der Waals surface area contributed by atoms with E-state index in [1.165, 1.54) is 29.5 Å². The number of benzene rings is 1. The van der Waals surface area contributed by atoms with Crippen LogP contribution in [0, 0.1) is 12.7 Å². The molecule has 0 aliphatic carbocycles. The lowest BCUT2D eigenvalue weighted by Crippen LogP contribution is -2.02. The van der Waals surface area contributed by atoms with Gasteiger partial charge in [-0.3, -0.25) is 0 Å². The van der Waals surface area contributed by atoms with Gasteiger partial charge in [-0.05, 0) is 41.6 Å². The third-order valence-electron chi connectivity index (χ3n) is 2.65. The monoisotopic (exact) mass is 304 g/mol. The second-order valence-electron chi connectivity index (χ2n) is 4.05. The maximum absolute atomic E-state index is 13.6. The van der Waals surface area contributed by atoms with Gasteiger partial charge in [0.05, 0.1) is 16.0 Å². The molecule has 5 heteroatoms. The SMILES string of the molecule is Cc1csc(C(O)Cc2cc(Cl)ccc2F)c1Cl. The van der Waals surface area contributed by atoms with E-state index in [4.69, 9.17) is 23.2 Å². The molecule has 2 aromatic rings. The van der Waals surface area contributed by atoms with Crippen molar-refractivity contribution < 1.29 is 9.50 Å². The van der Waals surface area contributed by atoms with Crippen LogP contribution in [-0.4, -0.2) is 5.11 Å². The molecule has 0 saturated carbocycles. The van der Waals surface area contributed by atoms with Crippen LogP contribution >= 0.6 is 34.5 Å². The highest BCUT2D eigenvalue weighted by Crippen LogP contribution is 2.34. The van der Waals surface area contributed by atoms with Crippen molar-refractivity contribution in [3.63, 3.8) is 0 Å². The lowest BCUT2D eigenvalue weighted by Gasteiger charge is -2.10. The highest BCUT2D eigenvalue weighted by atomic mass is 35.5. The highest BCUT2D eigenvalue weighted by Gasteiger charge is 2.17. The Hall–Kier alpha value is -0.610. The molecule has 18 heavy (non-hydrogen) atoms. The molecule has 0 saturated heterocycles. The first-order valence-corrected chi connectivity index (χ1v) is 6.98. The van der Waals surface area contributed by atoms with Gasteiger partial charge in [0.2, 0.25) is 0 Å². The zero-order chi connectivity index (χ0) is 13.3. The average molecular weight is 305 g/mol.